The summed E-state index contributed by atoms with van der Waals surface area (Å²) in [5, 5.41) is 9.64. The van der Waals surface area contributed by atoms with Gasteiger partial charge < -0.3 is 14.8 Å². The number of hydrogen-bond donors (Lipinski definition) is 3. The first kappa shape index (κ1) is 22.2. The van der Waals surface area contributed by atoms with Gasteiger partial charge in [0.1, 0.15) is 5.65 Å². The molecule has 2 aromatic heterocycles. The Kier molecular flexibility index (Phi) is 5.68. The maximum atomic E-state index is 13.0. The number of aromatic nitrogens is 2. The Morgan fingerprint density at radius 3 is 2.09 bits per heavy atom. The Labute approximate surface area is 200 Å². The molecular weight excluding hydrogens is 466 g/mol. The molecule has 0 bridgehead atoms. The number of sulfonamides is 1. The van der Waals surface area contributed by atoms with Crippen molar-refractivity contribution in [2.24, 2.45) is 0 Å². The Bertz CT molecular complexity index is 1620. The molecule has 0 aliphatic rings. The van der Waals surface area contributed by atoms with Gasteiger partial charge in [-0.25, -0.2) is 18.2 Å². The van der Waals surface area contributed by atoms with E-state index in [0.29, 0.717) is 22.2 Å². The van der Waals surface area contributed by atoms with Crippen LogP contribution in [-0.2, 0) is 10.0 Å². The highest BCUT2D eigenvalue weighted by molar-refractivity contribution is 7.92. The lowest BCUT2D eigenvalue weighted by Gasteiger charge is -2.09. The second kappa shape index (κ2) is 8.96. The third kappa shape index (κ3) is 4.57. The molecule has 8 nitrogen and oxygen atoms in total. The molecule has 3 N–H and O–H groups in total. The van der Waals surface area contributed by atoms with Crippen molar-refractivity contribution in [2.45, 2.75) is 4.90 Å². The van der Waals surface area contributed by atoms with E-state index in [9.17, 15) is 13.2 Å². The molecule has 2 heterocycles. The largest absolute Gasteiger partial charge is 0.512 e. The number of anilines is 1. The summed E-state index contributed by atoms with van der Waals surface area (Å²) >= 11 is 0. The molecule has 0 amide bonds. The molecule has 0 aliphatic heterocycles. The zero-order valence-corrected chi connectivity index (χ0v) is 19.0. The SMILES string of the molecule is O=C(O)Oc1[nH]c2ncc(NS(=O)(=O)c3ccc(-c4ccccc4)cc3)cc2c1-c1ccccc1. The van der Waals surface area contributed by atoms with Crippen molar-refractivity contribution in [3.8, 4) is 28.1 Å². The van der Waals surface area contributed by atoms with Crippen molar-refractivity contribution >= 4 is 32.9 Å². The van der Waals surface area contributed by atoms with E-state index in [1.165, 1.54) is 6.20 Å². The second-order valence-corrected chi connectivity index (χ2v) is 9.36. The molecule has 35 heavy (non-hydrogen) atoms. The molecule has 0 fully saturated rings. The first-order valence-electron chi connectivity index (χ1n) is 10.6. The molecule has 3 aromatic carbocycles. The molecular formula is C26H19N3O5S. The monoisotopic (exact) mass is 485 g/mol. The van der Waals surface area contributed by atoms with E-state index in [-0.39, 0.29) is 16.5 Å². The Hall–Kier alpha value is -4.63. The van der Waals surface area contributed by atoms with E-state index >= 15 is 0 Å². The number of pyridine rings is 1. The smallest absolute Gasteiger partial charge is 0.449 e. The highest BCUT2D eigenvalue weighted by Crippen LogP contribution is 2.38. The lowest BCUT2D eigenvalue weighted by molar-refractivity contribution is 0.143. The first-order valence-corrected chi connectivity index (χ1v) is 12.1. The van der Waals surface area contributed by atoms with Crippen LogP contribution in [0, 0.1) is 0 Å². The maximum absolute atomic E-state index is 13.0. The summed E-state index contributed by atoms with van der Waals surface area (Å²) in [4.78, 5) is 18.4. The van der Waals surface area contributed by atoms with E-state index in [1.807, 2.05) is 36.4 Å². The number of hydrogen-bond acceptors (Lipinski definition) is 5. The van der Waals surface area contributed by atoms with Crippen molar-refractivity contribution < 1.29 is 23.1 Å². The number of rotatable bonds is 6. The van der Waals surface area contributed by atoms with Gasteiger partial charge in [-0.05, 0) is 34.9 Å². The van der Waals surface area contributed by atoms with Gasteiger partial charge in [0.2, 0.25) is 5.88 Å². The summed E-state index contributed by atoms with van der Waals surface area (Å²) < 4.78 is 33.6. The minimum Gasteiger partial charge on any atom is -0.449 e. The quantitative estimate of drug-likeness (QED) is 0.263. The van der Waals surface area contributed by atoms with Crippen molar-refractivity contribution in [3.63, 3.8) is 0 Å². The van der Waals surface area contributed by atoms with Gasteiger partial charge >= 0.3 is 6.16 Å². The average Bonchev–Trinajstić information content (AvgIpc) is 3.21. The van der Waals surface area contributed by atoms with Crippen LogP contribution in [0.3, 0.4) is 0 Å². The summed E-state index contributed by atoms with van der Waals surface area (Å²) in [5.41, 5.74) is 3.62. The van der Waals surface area contributed by atoms with Crippen LogP contribution in [0.4, 0.5) is 10.5 Å². The highest BCUT2D eigenvalue weighted by atomic mass is 32.2. The maximum Gasteiger partial charge on any atom is 0.512 e. The van der Waals surface area contributed by atoms with Crippen LogP contribution in [0.2, 0.25) is 0 Å². The molecule has 174 valence electrons. The van der Waals surface area contributed by atoms with Gasteiger partial charge in [-0.15, -0.1) is 0 Å². The lowest BCUT2D eigenvalue weighted by Crippen LogP contribution is -2.13. The zero-order chi connectivity index (χ0) is 24.4. The van der Waals surface area contributed by atoms with Crippen molar-refractivity contribution in [1.29, 1.82) is 0 Å². The van der Waals surface area contributed by atoms with Crippen LogP contribution < -0.4 is 9.46 Å². The summed E-state index contributed by atoms with van der Waals surface area (Å²) in [6.07, 6.45) is -0.123. The normalized spacial score (nSPS) is 11.3. The molecule has 0 spiro atoms. The number of ether oxygens (including phenoxy) is 1. The van der Waals surface area contributed by atoms with Gasteiger partial charge in [0, 0.05) is 5.39 Å². The van der Waals surface area contributed by atoms with Gasteiger partial charge in [0.05, 0.1) is 22.3 Å². The molecule has 0 atom stereocenters. The van der Waals surface area contributed by atoms with Gasteiger partial charge in [0.15, 0.2) is 0 Å². The third-order valence-electron chi connectivity index (χ3n) is 5.39. The fourth-order valence-corrected chi connectivity index (χ4v) is 4.86. The van der Waals surface area contributed by atoms with Crippen LogP contribution in [0.15, 0.2) is 102 Å². The number of nitrogens with one attached hydrogen (secondary N) is 2. The minimum atomic E-state index is -3.90. The Morgan fingerprint density at radius 2 is 1.46 bits per heavy atom. The van der Waals surface area contributed by atoms with Gasteiger partial charge in [-0.3, -0.25) is 4.72 Å². The van der Waals surface area contributed by atoms with Crippen LogP contribution in [-0.4, -0.2) is 29.6 Å². The summed E-state index contributed by atoms with van der Waals surface area (Å²) in [6, 6.07) is 26.9. The molecule has 9 heteroatoms. The molecule has 0 saturated heterocycles. The first-order chi connectivity index (χ1) is 16.9. The standard InChI is InChI=1S/C26H19N3O5S/c30-26(31)34-25-23(19-9-5-2-6-10-19)22-15-20(16-27-24(22)28-25)29-35(32,33)21-13-11-18(12-14-21)17-7-3-1-4-8-17/h1-16,29H,(H,27,28)(H,30,31). The van der Waals surface area contributed by atoms with Crippen LogP contribution >= 0.6 is 0 Å². The number of H-pyrrole nitrogens is 1. The summed E-state index contributed by atoms with van der Waals surface area (Å²) in [6.45, 7) is 0. The number of aromatic amines is 1. The molecule has 0 radical (unpaired) electrons. The number of carboxylic acid groups (broad SMARTS) is 1. The summed E-state index contributed by atoms with van der Waals surface area (Å²) in [7, 11) is -3.90. The summed E-state index contributed by atoms with van der Waals surface area (Å²) in [5.74, 6) is 0.00251. The minimum absolute atomic E-state index is 0.00251. The van der Waals surface area contributed by atoms with Gasteiger partial charge in [0.25, 0.3) is 10.0 Å². The Morgan fingerprint density at radius 1 is 0.857 bits per heavy atom. The number of benzene rings is 3. The molecule has 5 aromatic rings. The molecule has 0 saturated carbocycles. The average molecular weight is 486 g/mol. The van der Waals surface area contributed by atoms with Crippen molar-refractivity contribution in [3.05, 3.63) is 97.2 Å². The van der Waals surface area contributed by atoms with Crippen LogP contribution in [0.25, 0.3) is 33.3 Å². The predicted molar refractivity (Wildman–Crippen MR) is 133 cm³/mol. The number of carbonyl (C=O) groups is 1. The fraction of sp³-hybridized carbons (Fsp3) is 0. The van der Waals surface area contributed by atoms with Gasteiger partial charge in [-0.1, -0.05) is 72.8 Å². The molecule has 0 unspecified atom stereocenters. The second-order valence-electron chi connectivity index (χ2n) is 7.68. The zero-order valence-electron chi connectivity index (χ0n) is 18.2. The predicted octanol–water partition coefficient (Wildman–Crippen LogP) is 5.75. The van der Waals surface area contributed by atoms with Crippen LogP contribution in [0.1, 0.15) is 0 Å². The third-order valence-corrected chi connectivity index (χ3v) is 6.79. The van der Waals surface area contributed by atoms with Crippen molar-refractivity contribution in [2.75, 3.05) is 4.72 Å². The highest BCUT2D eigenvalue weighted by Gasteiger charge is 2.20. The van der Waals surface area contributed by atoms with E-state index in [0.717, 1.165) is 11.1 Å². The number of fused-ring (bicyclic) bond motifs is 1. The van der Waals surface area contributed by atoms with E-state index in [2.05, 4.69) is 14.7 Å². The fourth-order valence-electron chi connectivity index (χ4n) is 3.83. The molecule has 0 aliphatic carbocycles. The topological polar surface area (TPSA) is 121 Å². The lowest BCUT2D eigenvalue weighted by atomic mass is 10.1. The van der Waals surface area contributed by atoms with E-state index in [4.69, 9.17) is 9.84 Å². The molecule has 5 rings (SSSR count). The number of nitrogens with zero attached hydrogens (tertiary/aromatic N) is 1. The Balaban J connectivity index is 1.50. The van der Waals surface area contributed by atoms with Gasteiger partial charge in [-0.2, -0.15) is 0 Å². The van der Waals surface area contributed by atoms with E-state index < -0.39 is 16.2 Å². The van der Waals surface area contributed by atoms with E-state index in [1.54, 1.807) is 54.6 Å². The van der Waals surface area contributed by atoms with Crippen LogP contribution in [0.5, 0.6) is 5.88 Å². The van der Waals surface area contributed by atoms with Crippen molar-refractivity contribution in [1.82, 2.24) is 9.97 Å².